The maximum Gasteiger partial charge on any atom is 0.335 e. The summed E-state index contributed by atoms with van der Waals surface area (Å²) < 4.78 is 19.9. The fourth-order valence-corrected chi connectivity index (χ4v) is 3.18. The van der Waals surface area contributed by atoms with Crippen LogP contribution in [0.15, 0.2) is 39.3 Å². The topological polar surface area (TPSA) is 46.5 Å². The average molecular weight is 418 g/mol. The molecule has 0 aromatic heterocycles. The fraction of sp³-hybridized carbons (Fsp3) is 0.133. The van der Waals surface area contributed by atoms with Crippen molar-refractivity contribution in [3.8, 4) is 5.75 Å². The van der Waals surface area contributed by atoms with Crippen LogP contribution in [0.5, 0.6) is 5.75 Å². The van der Waals surface area contributed by atoms with E-state index in [-0.39, 0.29) is 18.0 Å². The molecule has 0 heterocycles. The van der Waals surface area contributed by atoms with Crippen molar-refractivity contribution in [2.75, 3.05) is 0 Å². The Bertz CT molecular complexity index is 678. The highest BCUT2D eigenvalue weighted by Gasteiger charge is 2.13. The minimum Gasteiger partial charge on any atom is -0.487 e. The molecule has 2 rings (SSSR count). The number of aryl methyl sites for hydroxylation is 1. The number of halogens is 3. The van der Waals surface area contributed by atoms with Gasteiger partial charge >= 0.3 is 5.97 Å². The van der Waals surface area contributed by atoms with Gasteiger partial charge in [0.15, 0.2) is 0 Å². The van der Waals surface area contributed by atoms with Crippen LogP contribution in [0.2, 0.25) is 0 Å². The third-order valence-electron chi connectivity index (χ3n) is 2.93. The monoisotopic (exact) mass is 416 g/mol. The van der Waals surface area contributed by atoms with Gasteiger partial charge in [0.2, 0.25) is 0 Å². The normalized spacial score (nSPS) is 10.5. The molecule has 0 spiro atoms. The summed E-state index contributed by atoms with van der Waals surface area (Å²) in [7, 11) is 0. The minimum absolute atomic E-state index is 0.142. The first-order chi connectivity index (χ1) is 9.88. The molecule has 0 aliphatic rings. The lowest BCUT2D eigenvalue weighted by molar-refractivity contribution is 0.0696. The van der Waals surface area contributed by atoms with E-state index in [0.29, 0.717) is 14.7 Å². The molecule has 0 radical (unpaired) electrons. The highest BCUT2D eigenvalue weighted by molar-refractivity contribution is 9.11. The third kappa shape index (κ3) is 3.83. The quantitative estimate of drug-likeness (QED) is 0.766. The summed E-state index contributed by atoms with van der Waals surface area (Å²) in [6.07, 6.45) is 0. The van der Waals surface area contributed by atoms with Gasteiger partial charge in [-0.15, -0.1) is 0 Å². The highest BCUT2D eigenvalue weighted by atomic mass is 79.9. The summed E-state index contributed by atoms with van der Waals surface area (Å²) in [6.45, 7) is 2.06. The number of carboxylic acids is 1. The van der Waals surface area contributed by atoms with Crippen molar-refractivity contribution in [3.05, 3.63) is 61.8 Å². The van der Waals surface area contributed by atoms with Crippen LogP contribution in [0.25, 0.3) is 0 Å². The number of rotatable bonds is 4. The number of hydrogen-bond donors (Lipinski definition) is 1. The van der Waals surface area contributed by atoms with Crippen LogP contribution in [0.1, 0.15) is 21.5 Å². The van der Waals surface area contributed by atoms with Gasteiger partial charge in [-0.1, -0.05) is 6.07 Å². The Morgan fingerprint density at radius 3 is 2.43 bits per heavy atom. The Morgan fingerprint density at radius 1 is 1.24 bits per heavy atom. The molecule has 0 unspecified atom stereocenters. The standard InChI is InChI=1S/C15H11Br2FO3/c1-8-2-3-11(18)4-10(8)7-21-14-12(16)5-9(15(19)20)6-13(14)17/h2-6H,7H2,1H3,(H,19,20). The molecule has 110 valence electrons. The third-order valence-corrected chi connectivity index (χ3v) is 4.11. The van der Waals surface area contributed by atoms with E-state index < -0.39 is 5.97 Å². The molecule has 0 aliphatic heterocycles. The first-order valence-corrected chi connectivity index (χ1v) is 7.57. The molecule has 0 saturated carbocycles. The van der Waals surface area contributed by atoms with E-state index in [9.17, 15) is 9.18 Å². The Labute approximate surface area is 138 Å². The summed E-state index contributed by atoms with van der Waals surface area (Å²) in [5, 5.41) is 8.98. The van der Waals surface area contributed by atoms with E-state index in [4.69, 9.17) is 9.84 Å². The second-order valence-corrected chi connectivity index (χ2v) is 6.14. The Hall–Kier alpha value is -1.40. The predicted octanol–water partition coefficient (Wildman–Crippen LogP) is 4.94. The molecule has 6 heteroatoms. The summed E-state index contributed by atoms with van der Waals surface area (Å²) in [6, 6.07) is 7.42. The van der Waals surface area contributed by atoms with Crippen LogP contribution in [0.4, 0.5) is 4.39 Å². The van der Waals surface area contributed by atoms with E-state index in [1.807, 2.05) is 6.92 Å². The summed E-state index contributed by atoms with van der Waals surface area (Å²) in [5.74, 6) is -0.869. The molecule has 0 atom stereocenters. The number of aromatic carboxylic acids is 1. The van der Waals surface area contributed by atoms with Gasteiger partial charge < -0.3 is 9.84 Å². The number of hydrogen-bond acceptors (Lipinski definition) is 2. The van der Waals surface area contributed by atoms with E-state index >= 15 is 0 Å². The molecule has 0 saturated heterocycles. The zero-order valence-corrected chi connectivity index (χ0v) is 14.2. The van der Waals surface area contributed by atoms with Crippen molar-refractivity contribution in [2.45, 2.75) is 13.5 Å². The zero-order chi connectivity index (χ0) is 15.6. The first-order valence-electron chi connectivity index (χ1n) is 5.98. The second-order valence-electron chi connectivity index (χ2n) is 4.43. The molecular weight excluding hydrogens is 407 g/mol. The smallest absolute Gasteiger partial charge is 0.335 e. The molecule has 0 bridgehead atoms. The molecule has 0 aliphatic carbocycles. The molecule has 21 heavy (non-hydrogen) atoms. The summed E-state index contributed by atoms with van der Waals surface area (Å²) in [5.41, 5.74) is 1.80. The Kier molecular flexibility index (Phi) is 5.00. The predicted molar refractivity (Wildman–Crippen MR) is 84.3 cm³/mol. The first kappa shape index (κ1) is 16.0. The van der Waals surface area contributed by atoms with Crippen LogP contribution in [-0.4, -0.2) is 11.1 Å². The Morgan fingerprint density at radius 2 is 1.86 bits per heavy atom. The van der Waals surface area contributed by atoms with Crippen LogP contribution in [0.3, 0.4) is 0 Å². The largest absolute Gasteiger partial charge is 0.487 e. The average Bonchev–Trinajstić information content (AvgIpc) is 2.41. The van der Waals surface area contributed by atoms with Crippen LogP contribution in [0, 0.1) is 12.7 Å². The number of carboxylic acid groups (broad SMARTS) is 1. The lowest BCUT2D eigenvalue weighted by Gasteiger charge is -2.12. The molecule has 1 N–H and O–H groups in total. The molecular formula is C15H11Br2FO3. The van der Waals surface area contributed by atoms with Crippen molar-refractivity contribution in [3.63, 3.8) is 0 Å². The molecule has 0 fully saturated rings. The van der Waals surface area contributed by atoms with E-state index in [1.54, 1.807) is 6.07 Å². The second kappa shape index (κ2) is 6.58. The van der Waals surface area contributed by atoms with Crippen molar-refractivity contribution in [1.82, 2.24) is 0 Å². The van der Waals surface area contributed by atoms with Crippen LogP contribution >= 0.6 is 31.9 Å². The van der Waals surface area contributed by atoms with Gasteiger partial charge in [0.25, 0.3) is 0 Å². The number of ether oxygens (including phenoxy) is 1. The maximum absolute atomic E-state index is 13.2. The highest BCUT2D eigenvalue weighted by Crippen LogP contribution is 2.35. The van der Waals surface area contributed by atoms with Crippen LogP contribution in [-0.2, 0) is 6.61 Å². The van der Waals surface area contributed by atoms with Crippen molar-refractivity contribution in [1.29, 1.82) is 0 Å². The van der Waals surface area contributed by atoms with Gasteiger partial charge in [-0.2, -0.15) is 0 Å². The van der Waals surface area contributed by atoms with Gasteiger partial charge in [0.05, 0.1) is 14.5 Å². The summed E-state index contributed by atoms with van der Waals surface area (Å²) >= 11 is 6.56. The zero-order valence-electron chi connectivity index (χ0n) is 11.0. The van der Waals surface area contributed by atoms with E-state index in [2.05, 4.69) is 31.9 Å². The van der Waals surface area contributed by atoms with Crippen molar-refractivity contribution in [2.24, 2.45) is 0 Å². The maximum atomic E-state index is 13.2. The number of benzene rings is 2. The van der Waals surface area contributed by atoms with Gasteiger partial charge in [0.1, 0.15) is 18.2 Å². The van der Waals surface area contributed by atoms with Crippen molar-refractivity contribution >= 4 is 37.8 Å². The SMILES string of the molecule is Cc1ccc(F)cc1COc1c(Br)cc(C(=O)O)cc1Br. The molecule has 3 nitrogen and oxygen atoms in total. The lowest BCUT2D eigenvalue weighted by Crippen LogP contribution is -2.02. The molecule has 0 amide bonds. The minimum atomic E-state index is -1.02. The fourth-order valence-electron chi connectivity index (χ4n) is 1.77. The Balaban J connectivity index is 2.24. The van der Waals surface area contributed by atoms with Gasteiger partial charge in [-0.3, -0.25) is 0 Å². The van der Waals surface area contributed by atoms with Gasteiger partial charge in [0, 0.05) is 0 Å². The van der Waals surface area contributed by atoms with Gasteiger partial charge in [-0.05, 0) is 74.2 Å². The summed E-state index contributed by atoms with van der Waals surface area (Å²) in [4.78, 5) is 11.0. The lowest BCUT2D eigenvalue weighted by atomic mass is 10.1. The van der Waals surface area contributed by atoms with E-state index in [0.717, 1.165) is 11.1 Å². The van der Waals surface area contributed by atoms with Crippen LogP contribution < -0.4 is 4.74 Å². The van der Waals surface area contributed by atoms with Crippen molar-refractivity contribution < 1.29 is 19.0 Å². The molecule has 2 aromatic rings. The molecule has 2 aromatic carbocycles. The van der Waals surface area contributed by atoms with E-state index in [1.165, 1.54) is 24.3 Å². The van der Waals surface area contributed by atoms with Gasteiger partial charge in [-0.25, -0.2) is 9.18 Å². The number of carbonyl (C=O) groups is 1.